The Bertz CT molecular complexity index is 334. The van der Waals surface area contributed by atoms with Crippen LogP contribution in [0.5, 0.6) is 0 Å². The van der Waals surface area contributed by atoms with Gasteiger partial charge in [0.1, 0.15) is 11.6 Å². The summed E-state index contributed by atoms with van der Waals surface area (Å²) >= 11 is 0. The third kappa shape index (κ3) is 3.59. The van der Waals surface area contributed by atoms with E-state index in [1.807, 2.05) is 6.92 Å². The van der Waals surface area contributed by atoms with Crippen molar-refractivity contribution in [1.82, 2.24) is 0 Å². The van der Waals surface area contributed by atoms with Gasteiger partial charge < -0.3 is 5.11 Å². The summed E-state index contributed by atoms with van der Waals surface area (Å²) in [4.78, 5) is 0. The Labute approximate surface area is 88.7 Å². The molecule has 84 valence electrons. The monoisotopic (exact) mass is 214 g/mol. The smallest absolute Gasteiger partial charge is 0.129 e. The summed E-state index contributed by atoms with van der Waals surface area (Å²) in [5.74, 6) is -1.18. The van der Waals surface area contributed by atoms with E-state index in [0.29, 0.717) is 12.0 Å². The molecule has 0 spiro atoms. The van der Waals surface area contributed by atoms with Gasteiger partial charge in [-0.25, -0.2) is 8.78 Å². The second-order valence-electron chi connectivity index (χ2n) is 4.16. The lowest BCUT2D eigenvalue weighted by Gasteiger charge is -2.22. The molecule has 1 nitrogen and oxygen atoms in total. The Morgan fingerprint density at radius 2 is 2.00 bits per heavy atom. The first-order chi connectivity index (χ1) is 6.94. The van der Waals surface area contributed by atoms with E-state index in [9.17, 15) is 13.9 Å². The highest BCUT2D eigenvalue weighted by molar-refractivity contribution is 5.20. The molecular formula is C12H16F2O. The molecule has 0 aromatic heterocycles. The van der Waals surface area contributed by atoms with Crippen LogP contribution in [0, 0.1) is 11.6 Å². The van der Waals surface area contributed by atoms with Crippen LogP contribution in [0.1, 0.15) is 32.3 Å². The van der Waals surface area contributed by atoms with E-state index >= 15 is 0 Å². The molecule has 0 fully saturated rings. The van der Waals surface area contributed by atoms with Crippen LogP contribution in [-0.2, 0) is 6.42 Å². The van der Waals surface area contributed by atoms with Gasteiger partial charge in [0.05, 0.1) is 5.60 Å². The molecule has 0 aliphatic carbocycles. The lowest BCUT2D eigenvalue weighted by atomic mass is 9.92. The number of halogens is 2. The Morgan fingerprint density at radius 1 is 1.33 bits per heavy atom. The van der Waals surface area contributed by atoms with Crippen LogP contribution < -0.4 is 0 Å². The molecule has 0 aliphatic heterocycles. The first-order valence-corrected chi connectivity index (χ1v) is 5.11. The quantitative estimate of drug-likeness (QED) is 0.816. The van der Waals surface area contributed by atoms with Gasteiger partial charge in [-0.05, 0) is 25.0 Å². The molecule has 1 aromatic rings. The van der Waals surface area contributed by atoms with Gasteiger partial charge in [0.25, 0.3) is 0 Å². The number of hydrogen-bond donors (Lipinski definition) is 1. The summed E-state index contributed by atoms with van der Waals surface area (Å²) in [6.45, 7) is 3.62. The van der Waals surface area contributed by atoms with E-state index in [2.05, 4.69) is 0 Å². The second kappa shape index (κ2) is 4.71. The third-order valence-electron chi connectivity index (χ3n) is 2.37. The Balaban J connectivity index is 2.80. The van der Waals surface area contributed by atoms with Crippen LogP contribution in [0.2, 0.25) is 0 Å². The molecule has 0 heterocycles. The van der Waals surface area contributed by atoms with Crippen LogP contribution in [0.4, 0.5) is 8.78 Å². The number of hydrogen-bond acceptors (Lipinski definition) is 1. The summed E-state index contributed by atoms with van der Waals surface area (Å²) in [5.41, 5.74) is -0.567. The van der Waals surface area contributed by atoms with E-state index < -0.39 is 17.2 Å². The molecule has 3 heteroatoms. The van der Waals surface area contributed by atoms with Crippen LogP contribution in [0.3, 0.4) is 0 Å². The minimum absolute atomic E-state index is 0.215. The summed E-state index contributed by atoms with van der Waals surface area (Å²) in [7, 11) is 0. The predicted molar refractivity (Wildman–Crippen MR) is 55.6 cm³/mol. The number of benzene rings is 1. The molecule has 0 aliphatic rings. The SMILES string of the molecule is CCCC(C)(O)Cc1ccc(F)cc1F. The number of aliphatic hydroxyl groups is 1. The van der Waals surface area contributed by atoms with E-state index in [1.54, 1.807) is 6.92 Å². The fourth-order valence-electron chi connectivity index (χ4n) is 1.70. The molecule has 1 unspecified atom stereocenters. The topological polar surface area (TPSA) is 20.2 Å². The first kappa shape index (κ1) is 12.1. The van der Waals surface area contributed by atoms with Crippen molar-refractivity contribution in [2.45, 2.75) is 38.7 Å². The van der Waals surface area contributed by atoms with Crippen LogP contribution in [-0.4, -0.2) is 10.7 Å². The van der Waals surface area contributed by atoms with Crippen molar-refractivity contribution >= 4 is 0 Å². The van der Waals surface area contributed by atoms with E-state index in [4.69, 9.17) is 0 Å². The maximum atomic E-state index is 13.3. The summed E-state index contributed by atoms with van der Waals surface area (Å²) in [6, 6.07) is 3.44. The van der Waals surface area contributed by atoms with Crippen LogP contribution in [0.15, 0.2) is 18.2 Å². The van der Waals surface area contributed by atoms with Gasteiger partial charge in [-0.2, -0.15) is 0 Å². The molecule has 1 rings (SSSR count). The average molecular weight is 214 g/mol. The predicted octanol–water partition coefficient (Wildman–Crippen LogP) is 3.06. The van der Waals surface area contributed by atoms with Gasteiger partial charge in [0.15, 0.2) is 0 Å². The Morgan fingerprint density at radius 3 is 2.53 bits per heavy atom. The highest BCUT2D eigenvalue weighted by Gasteiger charge is 2.21. The Hall–Kier alpha value is -0.960. The lowest BCUT2D eigenvalue weighted by molar-refractivity contribution is 0.0496. The minimum Gasteiger partial charge on any atom is -0.390 e. The lowest BCUT2D eigenvalue weighted by Crippen LogP contribution is -2.27. The standard InChI is InChI=1S/C12H16F2O/c1-3-6-12(2,15)8-9-4-5-10(13)7-11(9)14/h4-5,7,15H,3,6,8H2,1-2H3. The highest BCUT2D eigenvalue weighted by atomic mass is 19.1. The minimum atomic E-state index is -0.923. The molecule has 1 aromatic carbocycles. The van der Waals surface area contributed by atoms with Crippen molar-refractivity contribution in [3.05, 3.63) is 35.4 Å². The molecular weight excluding hydrogens is 198 g/mol. The van der Waals surface area contributed by atoms with Crippen molar-refractivity contribution in [3.8, 4) is 0 Å². The summed E-state index contributed by atoms with van der Waals surface area (Å²) < 4.78 is 25.9. The Kier molecular flexibility index (Phi) is 3.80. The van der Waals surface area contributed by atoms with Gasteiger partial charge in [-0.15, -0.1) is 0 Å². The molecule has 0 bridgehead atoms. The largest absolute Gasteiger partial charge is 0.390 e. The molecule has 15 heavy (non-hydrogen) atoms. The molecule has 1 atom stereocenters. The molecule has 0 saturated carbocycles. The van der Waals surface area contributed by atoms with E-state index in [1.165, 1.54) is 12.1 Å². The summed E-state index contributed by atoms with van der Waals surface area (Å²) in [6.07, 6.45) is 1.65. The maximum absolute atomic E-state index is 13.3. The zero-order chi connectivity index (χ0) is 11.5. The number of rotatable bonds is 4. The third-order valence-corrected chi connectivity index (χ3v) is 2.37. The summed E-state index contributed by atoms with van der Waals surface area (Å²) in [5, 5.41) is 9.90. The average Bonchev–Trinajstić information content (AvgIpc) is 2.09. The van der Waals surface area contributed by atoms with Crippen molar-refractivity contribution in [3.63, 3.8) is 0 Å². The van der Waals surface area contributed by atoms with Crippen molar-refractivity contribution in [1.29, 1.82) is 0 Å². The van der Waals surface area contributed by atoms with Gasteiger partial charge in [-0.3, -0.25) is 0 Å². The second-order valence-corrected chi connectivity index (χ2v) is 4.16. The fraction of sp³-hybridized carbons (Fsp3) is 0.500. The van der Waals surface area contributed by atoms with Crippen molar-refractivity contribution in [2.24, 2.45) is 0 Å². The highest BCUT2D eigenvalue weighted by Crippen LogP contribution is 2.20. The van der Waals surface area contributed by atoms with Gasteiger partial charge >= 0.3 is 0 Å². The van der Waals surface area contributed by atoms with Crippen molar-refractivity contribution < 1.29 is 13.9 Å². The van der Waals surface area contributed by atoms with Crippen molar-refractivity contribution in [2.75, 3.05) is 0 Å². The van der Waals surface area contributed by atoms with Gasteiger partial charge in [0.2, 0.25) is 0 Å². The van der Waals surface area contributed by atoms with Crippen LogP contribution in [0.25, 0.3) is 0 Å². The first-order valence-electron chi connectivity index (χ1n) is 5.11. The molecule has 0 saturated heterocycles. The zero-order valence-electron chi connectivity index (χ0n) is 9.06. The molecule has 0 radical (unpaired) electrons. The fourth-order valence-corrected chi connectivity index (χ4v) is 1.70. The van der Waals surface area contributed by atoms with Crippen LogP contribution >= 0.6 is 0 Å². The van der Waals surface area contributed by atoms with E-state index in [-0.39, 0.29) is 6.42 Å². The zero-order valence-corrected chi connectivity index (χ0v) is 9.06. The normalized spacial score (nSPS) is 15.0. The van der Waals surface area contributed by atoms with Gasteiger partial charge in [0, 0.05) is 12.5 Å². The molecule has 0 amide bonds. The van der Waals surface area contributed by atoms with E-state index in [0.717, 1.165) is 12.5 Å². The maximum Gasteiger partial charge on any atom is 0.129 e. The molecule has 1 N–H and O–H groups in total. The van der Waals surface area contributed by atoms with Gasteiger partial charge in [-0.1, -0.05) is 19.4 Å².